The molecule has 18 heteroatoms. The Bertz CT molecular complexity index is 1740. The molecular formula is C28H26F4N4O8S2. The van der Waals surface area contributed by atoms with E-state index < -0.39 is 78.6 Å². The van der Waals surface area contributed by atoms with Gasteiger partial charge in [0.25, 0.3) is 0 Å². The molecule has 0 aliphatic carbocycles. The number of sulfone groups is 2. The Labute approximate surface area is 260 Å². The molecule has 3 aromatic rings. The Hall–Kier alpha value is -4.58. The summed E-state index contributed by atoms with van der Waals surface area (Å²) in [6.07, 6.45) is 0.297. The Balaban J connectivity index is 1.34. The second-order valence-corrected chi connectivity index (χ2v) is 15.1. The zero-order valence-corrected chi connectivity index (χ0v) is 25.3. The van der Waals surface area contributed by atoms with Crippen LogP contribution in [0.5, 0.6) is 23.0 Å². The van der Waals surface area contributed by atoms with Gasteiger partial charge in [-0.2, -0.15) is 17.6 Å². The van der Waals surface area contributed by atoms with Gasteiger partial charge in [0.2, 0.25) is 34.8 Å². The van der Waals surface area contributed by atoms with Gasteiger partial charge in [0.1, 0.15) is 11.5 Å². The molecule has 2 heterocycles. The average molecular weight is 687 g/mol. The minimum absolute atomic E-state index is 0.133. The maximum atomic E-state index is 15.0. The molecule has 2 unspecified atom stereocenters. The van der Waals surface area contributed by atoms with Crippen LogP contribution < -0.4 is 30.7 Å². The number of urea groups is 2. The number of amides is 4. The number of nitrogens with two attached hydrogens (primary N) is 2. The molecule has 246 valence electrons. The second kappa shape index (κ2) is 12.3. The van der Waals surface area contributed by atoms with E-state index in [-0.39, 0.29) is 58.7 Å². The maximum absolute atomic E-state index is 15.0. The molecule has 0 aromatic heterocycles. The molecule has 2 aliphatic rings. The summed E-state index contributed by atoms with van der Waals surface area (Å²) < 4.78 is 117. The van der Waals surface area contributed by atoms with Gasteiger partial charge in [-0.1, -0.05) is 0 Å². The van der Waals surface area contributed by atoms with Crippen molar-refractivity contribution in [2.45, 2.75) is 24.9 Å². The Kier molecular flexibility index (Phi) is 8.78. The molecule has 5 rings (SSSR count). The lowest BCUT2D eigenvalue weighted by molar-refractivity contribution is 0.251. The number of carbonyl (C=O) groups is 2. The van der Waals surface area contributed by atoms with Crippen LogP contribution in [-0.4, -0.2) is 64.0 Å². The highest BCUT2D eigenvalue weighted by molar-refractivity contribution is 7.92. The van der Waals surface area contributed by atoms with E-state index in [0.717, 1.165) is 34.1 Å². The van der Waals surface area contributed by atoms with Gasteiger partial charge in [0.15, 0.2) is 19.7 Å². The Morgan fingerprint density at radius 3 is 1.15 bits per heavy atom. The molecule has 3 aromatic carbocycles. The van der Waals surface area contributed by atoms with Crippen molar-refractivity contribution >= 4 is 43.1 Å². The third-order valence-electron chi connectivity index (χ3n) is 7.47. The molecule has 0 saturated carbocycles. The third kappa shape index (κ3) is 6.67. The molecule has 0 spiro atoms. The largest absolute Gasteiger partial charge is 0.451 e. The lowest BCUT2D eigenvalue weighted by Gasteiger charge is -2.26. The number of halogens is 4. The van der Waals surface area contributed by atoms with Crippen molar-refractivity contribution in [2.24, 2.45) is 11.5 Å². The first-order chi connectivity index (χ1) is 21.6. The highest BCUT2D eigenvalue weighted by Crippen LogP contribution is 2.39. The van der Waals surface area contributed by atoms with Gasteiger partial charge in [0.05, 0.1) is 35.1 Å². The predicted octanol–water partition coefficient (Wildman–Crippen LogP) is 3.97. The molecule has 2 atom stereocenters. The fraction of sp³-hybridized carbons (Fsp3) is 0.286. The summed E-state index contributed by atoms with van der Waals surface area (Å²) in [6.45, 7) is 0. The summed E-state index contributed by atoms with van der Waals surface area (Å²) in [7, 11) is -6.73. The molecule has 12 nitrogen and oxygen atoms in total. The number of anilines is 2. The Morgan fingerprint density at radius 1 is 0.609 bits per heavy atom. The summed E-state index contributed by atoms with van der Waals surface area (Å²) in [5.41, 5.74) is 11.2. The van der Waals surface area contributed by atoms with Crippen molar-refractivity contribution in [1.29, 1.82) is 0 Å². The van der Waals surface area contributed by atoms with E-state index in [1.165, 1.54) is 24.3 Å². The number of hydrogen-bond donors (Lipinski definition) is 2. The van der Waals surface area contributed by atoms with Crippen molar-refractivity contribution in [3.8, 4) is 23.0 Å². The SMILES string of the molecule is NC(=O)N(c1ccc(Oc2c(F)c(F)c(Oc3ccc(N(C(N)=O)C4CCS(=O)(=O)C4)cc3)c(F)c2F)cc1)C1CCS(=O)(=O)C1. The van der Waals surface area contributed by atoms with Gasteiger partial charge in [-0.25, -0.2) is 26.4 Å². The van der Waals surface area contributed by atoms with Crippen molar-refractivity contribution in [1.82, 2.24) is 0 Å². The topological polar surface area (TPSA) is 179 Å². The van der Waals surface area contributed by atoms with Gasteiger partial charge in [0, 0.05) is 11.4 Å². The zero-order chi connectivity index (χ0) is 33.6. The molecule has 2 aliphatic heterocycles. The maximum Gasteiger partial charge on any atom is 0.319 e. The van der Waals surface area contributed by atoms with E-state index in [9.17, 15) is 44.0 Å². The lowest BCUT2D eigenvalue weighted by atomic mass is 10.2. The van der Waals surface area contributed by atoms with Crippen LogP contribution in [0, 0.1) is 23.3 Å². The molecule has 2 fully saturated rings. The van der Waals surface area contributed by atoms with Crippen LogP contribution in [0.25, 0.3) is 0 Å². The minimum atomic E-state index is -3.36. The van der Waals surface area contributed by atoms with Gasteiger partial charge >= 0.3 is 12.1 Å². The van der Waals surface area contributed by atoms with Crippen LogP contribution in [0.2, 0.25) is 0 Å². The normalized spacial score (nSPS) is 19.8. The molecular weight excluding hydrogens is 660 g/mol. The van der Waals surface area contributed by atoms with E-state index in [4.69, 9.17) is 20.9 Å². The summed E-state index contributed by atoms with van der Waals surface area (Å²) in [6, 6.07) is 6.19. The van der Waals surface area contributed by atoms with Gasteiger partial charge in [-0.15, -0.1) is 0 Å². The van der Waals surface area contributed by atoms with E-state index in [1.54, 1.807) is 0 Å². The number of primary amides is 2. The predicted molar refractivity (Wildman–Crippen MR) is 158 cm³/mol. The molecule has 46 heavy (non-hydrogen) atoms. The monoisotopic (exact) mass is 686 g/mol. The molecule has 4 N–H and O–H groups in total. The van der Waals surface area contributed by atoms with Crippen LogP contribution in [0.3, 0.4) is 0 Å². The van der Waals surface area contributed by atoms with Crippen molar-refractivity contribution in [3.05, 3.63) is 71.8 Å². The van der Waals surface area contributed by atoms with E-state index >= 15 is 0 Å². The van der Waals surface area contributed by atoms with Gasteiger partial charge in [-0.3, -0.25) is 9.80 Å². The highest BCUT2D eigenvalue weighted by Gasteiger charge is 2.36. The van der Waals surface area contributed by atoms with E-state index in [0.29, 0.717) is 0 Å². The Morgan fingerprint density at radius 2 is 0.913 bits per heavy atom. The average Bonchev–Trinajstić information content (AvgIpc) is 3.53. The third-order valence-corrected chi connectivity index (χ3v) is 11.0. The minimum Gasteiger partial charge on any atom is -0.451 e. The van der Waals surface area contributed by atoms with Gasteiger partial charge < -0.3 is 20.9 Å². The molecule has 2 saturated heterocycles. The molecule has 0 bridgehead atoms. The smallest absolute Gasteiger partial charge is 0.319 e. The first-order valence-corrected chi connectivity index (χ1v) is 17.2. The first-order valence-electron chi connectivity index (χ1n) is 13.6. The van der Waals surface area contributed by atoms with Crippen molar-refractivity contribution in [3.63, 3.8) is 0 Å². The van der Waals surface area contributed by atoms with Crippen LogP contribution in [0.1, 0.15) is 12.8 Å². The van der Waals surface area contributed by atoms with E-state index in [2.05, 4.69) is 0 Å². The number of rotatable bonds is 8. The fourth-order valence-corrected chi connectivity index (χ4v) is 8.75. The summed E-state index contributed by atoms with van der Waals surface area (Å²) in [4.78, 5) is 26.2. The van der Waals surface area contributed by atoms with E-state index in [1.807, 2.05) is 0 Å². The van der Waals surface area contributed by atoms with Crippen LogP contribution in [0.15, 0.2) is 48.5 Å². The fourth-order valence-electron chi connectivity index (χ4n) is 5.35. The molecule has 4 amide bonds. The number of ether oxygens (including phenoxy) is 2. The number of hydrogen-bond acceptors (Lipinski definition) is 8. The summed E-state index contributed by atoms with van der Waals surface area (Å²) >= 11 is 0. The van der Waals surface area contributed by atoms with Crippen LogP contribution in [-0.2, 0) is 19.7 Å². The number of nitrogens with zero attached hydrogens (tertiary/aromatic N) is 2. The second-order valence-electron chi connectivity index (χ2n) is 10.6. The van der Waals surface area contributed by atoms with Crippen LogP contribution in [0.4, 0.5) is 38.5 Å². The highest BCUT2D eigenvalue weighted by atomic mass is 32.2. The van der Waals surface area contributed by atoms with Crippen LogP contribution >= 0.6 is 0 Å². The number of carbonyl (C=O) groups excluding carboxylic acids is 2. The molecule has 0 radical (unpaired) electrons. The summed E-state index contributed by atoms with van der Waals surface area (Å²) in [5, 5.41) is 0. The quantitative estimate of drug-likeness (QED) is 0.264. The van der Waals surface area contributed by atoms with Crippen molar-refractivity contribution in [2.75, 3.05) is 32.8 Å². The van der Waals surface area contributed by atoms with Crippen molar-refractivity contribution < 1.29 is 53.5 Å². The summed E-state index contributed by atoms with van der Waals surface area (Å²) in [5.74, 6) is -12.0. The standard InChI is InChI=1S/C28H26F4N4O8S2/c29-21-23(31)26(44-20-7-3-16(4-8-20)36(28(34)38)18-10-12-46(41,42)14-18)24(32)22(30)25(21)43-19-5-1-15(2-6-19)35(27(33)37)17-9-11-45(39,40)13-17/h1-8,17-18H,9-14H2,(H2,33,37)(H2,34,38). The zero-order valence-electron chi connectivity index (χ0n) is 23.7. The van der Waals surface area contributed by atoms with Gasteiger partial charge in [-0.05, 0) is 61.4 Å². The number of benzene rings is 3. The first kappa shape index (κ1) is 32.8. The lowest BCUT2D eigenvalue weighted by Crippen LogP contribution is -2.44.